The quantitative estimate of drug-likeness (QED) is 0.719. The fourth-order valence-corrected chi connectivity index (χ4v) is 5.13. The Morgan fingerprint density at radius 2 is 2.04 bits per heavy atom. The van der Waals surface area contributed by atoms with E-state index in [2.05, 4.69) is 16.8 Å². The van der Waals surface area contributed by atoms with Crippen molar-refractivity contribution >= 4 is 17.7 Å². The van der Waals surface area contributed by atoms with Crippen molar-refractivity contribution in [1.29, 1.82) is 0 Å². The summed E-state index contributed by atoms with van der Waals surface area (Å²) in [6.45, 7) is 6.67. The third kappa shape index (κ3) is 2.75. The predicted octanol–water partition coefficient (Wildman–Crippen LogP) is 2.75. The molecule has 1 saturated carbocycles. The Morgan fingerprint density at radius 1 is 1.29 bits per heavy atom. The van der Waals surface area contributed by atoms with Gasteiger partial charge in [-0.15, -0.1) is 0 Å². The number of fused-ring (bicyclic) bond motifs is 2. The largest absolute Gasteiger partial charge is 0.466 e. The SMILES string of the molecule is CCOC(=O)C[C@H]1[C@H]2CN(c3nc(N4CC[C@@H]4C)nc4c3CCC4(F)F)C[C@@H]12. The molecule has 6 nitrogen and oxygen atoms in total. The standard InChI is InChI=1S/C20H26F2N4O2/c1-3-28-16(27)8-13-14-9-25(10-15(13)14)18-12-4-6-20(21,22)17(12)23-19(24-18)26-7-5-11(26)2/h11,13-15H,3-10H2,1-2H3/t11-,13-,14+,15-/m0/s1. The first-order chi connectivity index (χ1) is 13.4. The van der Waals surface area contributed by atoms with Crippen LogP contribution in [0.2, 0.25) is 0 Å². The zero-order valence-corrected chi connectivity index (χ0v) is 16.3. The van der Waals surface area contributed by atoms with Gasteiger partial charge in [-0.1, -0.05) is 0 Å². The topological polar surface area (TPSA) is 58.6 Å². The summed E-state index contributed by atoms with van der Waals surface area (Å²) in [6.07, 6.45) is 1.64. The van der Waals surface area contributed by atoms with Gasteiger partial charge in [0.25, 0.3) is 5.92 Å². The van der Waals surface area contributed by atoms with E-state index >= 15 is 0 Å². The van der Waals surface area contributed by atoms with Gasteiger partial charge in [-0.2, -0.15) is 13.8 Å². The van der Waals surface area contributed by atoms with Crippen LogP contribution >= 0.6 is 0 Å². The molecule has 3 fully saturated rings. The molecular formula is C20H26F2N4O2. The summed E-state index contributed by atoms with van der Waals surface area (Å²) in [5.74, 6) is -0.639. The van der Waals surface area contributed by atoms with Crippen LogP contribution in [0.3, 0.4) is 0 Å². The van der Waals surface area contributed by atoms with Gasteiger partial charge in [0.1, 0.15) is 11.5 Å². The maximum absolute atomic E-state index is 14.5. The third-order valence-electron chi connectivity index (χ3n) is 6.96. The second-order valence-electron chi connectivity index (χ2n) is 8.62. The Balaban J connectivity index is 1.37. The van der Waals surface area contributed by atoms with Gasteiger partial charge in [-0.05, 0) is 44.4 Å². The van der Waals surface area contributed by atoms with Crippen LogP contribution in [-0.2, 0) is 21.9 Å². The average molecular weight is 392 g/mol. The Labute approximate surface area is 163 Å². The number of halogens is 2. The number of hydrogen-bond acceptors (Lipinski definition) is 6. The van der Waals surface area contributed by atoms with Gasteiger partial charge in [-0.25, -0.2) is 4.98 Å². The van der Waals surface area contributed by atoms with E-state index in [4.69, 9.17) is 9.72 Å². The van der Waals surface area contributed by atoms with E-state index in [0.717, 1.165) is 26.1 Å². The van der Waals surface area contributed by atoms with Gasteiger partial charge in [0.05, 0.1) is 6.61 Å². The first kappa shape index (κ1) is 18.1. The molecule has 5 rings (SSSR count). The molecule has 0 bridgehead atoms. The van der Waals surface area contributed by atoms with Crippen molar-refractivity contribution in [3.05, 3.63) is 11.3 Å². The average Bonchev–Trinajstić information content (AvgIpc) is 2.97. The highest BCUT2D eigenvalue weighted by Gasteiger charge is 2.57. The summed E-state index contributed by atoms with van der Waals surface area (Å²) in [4.78, 5) is 24.9. The Morgan fingerprint density at radius 3 is 2.64 bits per heavy atom. The van der Waals surface area contributed by atoms with Crippen LogP contribution in [0.4, 0.5) is 20.5 Å². The number of esters is 1. The van der Waals surface area contributed by atoms with Crippen molar-refractivity contribution < 1.29 is 18.3 Å². The molecule has 0 spiro atoms. The van der Waals surface area contributed by atoms with Crippen molar-refractivity contribution in [2.45, 2.75) is 51.5 Å². The molecule has 3 heterocycles. The number of nitrogens with zero attached hydrogens (tertiary/aromatic N) is 4. The summed E-state index contributed by atoms with van der Waals surface area (Å²) in [5, 5.41) is 0. The number of hydrogen-bond donors (Lipinski definition) is 0. The molecule has 8 heteroatoms. The highest BCUT2D eigenvalue weighted by Crippen LogP contribution is 2.55. The summed E-state index contributed by atoms with van der Waals surface area (Å²) < 4.78 is 34.0. The molecule has 1 aromatic rings. The Hall–Kier alpha value is -1.99. The highest BCUT2D eigenvalue weighted by molar-refractivity contribution is 5.70. The number of carbonyl (C=O) groups is 1. The molecule has 152 valence electrons. The number of anilines is 2. The minimum absolute atomic E-state index is 0.0738. The van der Waals surface area contributed by atoms with Gasteiger partial charge < -0.3 is 14.5 Å². The van der Waals surface area contributed by atoms with Gasteiger partial charge in [-0.3, -0.25) is 4.79 Å². The van der Waals surface area contributed by atoms with E-state index in [-0.39, 0.29) is 18.1 Å². The number of rotatable bonds is 5. The van der Waals surface area contributed by atoms with E-state index in [1.165, 1.54) is 0 Å². The lowest BCUT2D eigenvalue weighted by molar-refractivity contribution is -0.143. The molecule has 0 unspecified atom stereocenters. The van der Waals surface area contributed by atoms with Crippen LogP contribution in [0.15, 0.2) is 0 Å². The van der Waals surface area contributed by atoms with Crippen molar-refractivity contribution in [1.82, 2.24) is 9.97 Å². The van der Waals surface area contributed by atoms with Crippen LogP contribution in [0.1, 0.15) is 44.4 Å². The number of piperidine rings is 1. The second-order valence-corrected chi connectivity index (χ2v) is 8.62. The van der Waals surface area contributed by atoms with E-state index < -0.39 is 5.92 Å². The summed E-state index contributed by atoms with van der Waals surface area (Å²) in [5.41, 5.74) is 0.542. The van der Waals surface area contributed by atoms with Crippen LogP contribution < -0.4 is 9.80 Å². The predicted molar refractivity (Wildman–Crippen MR) is 99.6 cm³/mol. The van der Waals surface area contributed by atoms with Crippen LogP contribution in [0.25, 0.3) is 0 Å². The first-order valence-corrected chi connectivity index (χ1v) is 10.4. The van der Waals surface area contributed by atoms with Gasteiger partial charge >= 0.3 is 5.97 Å². The molecule has 28 heavy (non-hydrogen) atoms. The van der Waals surface area contributed by atoms with Crippen LogP contribution in [-0.4, -0.2) is 48.2 Å². The lowest BCUT2D eigenvalue weighted by Gasteiger charge is -2.39. The van der Waals surface area contributed by atoms with E-state index in [0.29, 0.717) is 60.6 Å². The molecule has 2 aliphatic carbocycles. The molecule has 4 aliphatic rings. The maximum Gasteiger partial charge on any atom is 0.306 e. The van der Waals surface area contributed by atoms with Gasteiger partial charge in [0, 0.05) is 44.1 Å². The fourth-order valence-electron chi connectivity index (χ4n) is 5.13. The summed E-state index contributed by atoms with van der Waals surface area (Å²) in [6, 6.07) is 0.293. The normalized spacial score (nSPS) is 32.0. The second kappa shape index (κ2) is 6.26. The third-order valence-corrected chi connectivity index (χ3v) is 6.96. The molecule has 0 aromatic carbocycles. The molecule has 0 amide bonds. The van der Waals surface area contributed by atoms with Crippen molar-refractivity contribution in [2.75, 3.05) is 36.0 Å². The summed E-state index contributed by atoms with van der Waals surface area (Å²) in [7, 11) is 0. The smallest absolute Gasteiger partial charge is 0.306 e. The molecule has 1 aromatic heterocycles. The molecule has 0 radical (unpaired) electrons. The maximum atomic E-state index is 14.5. The first-order valence-electron chi connectivity index (χ1n) is 10.4. The number of carbonyl (C=O) groups excluding carboxylic acids is 1. The number of ether oxygens (including phenoxy) is 1. The molecule has 0 N–H and O–H groups in total. The minimum Gasteiger partial charge on any atom is -0.466 e. The molecule has 2 saturated heterocycles. The van der Waals surface area contributed by atoms with E-state index in [9.17, 15) is 13.6 Å². The van der Waals surface area contributed by atoms with E-state index in [1.54, 1.807) is 0 Å². The van der Waals surface area contributed by atoms with Crippen molar-refractivity contribution in [3.63, 3.8) is 0 Å². The lowest BCUT2D eigenvalue weighted by Crippen LogP contribution is -2.47. The molecule has 4 atom stereocenters. The molecular weight excluding hydrogens is 366 g/mol. The Bertz CT molecular complexity index is 806. The van der Waals surface area contributed by atoms with Gasteiger partial charge in [0.15, 0.2) is 0 Å². The Kier molecular flexibility index (Phi) is 4.04. The van der Waals surface area contributed by atoms with E-state index in [1.807, 2.05) is 11.8 Å². The number of alkyl halides is 2. The van der Waals surface area contributed by atoms with Gasteiger partial charge in [0.2, 0.25) is 5.95 Å². The lowest BCUT2D eigenvalue weighted by atomic mass is 10.1. The number of aromatic nitrogens is 2. The van der Waals surface area contributed by atoms with Crippen LogP contribution in [0.5, 0.6) is 0 Å². The minimum atomic E-state index is -2.87. The zero-order chi connectivity index (χ0) is 19.6. The highest BCUT2D eigenvalue weighted by atomic mass is 19.3. The van der Waals surface area contributed by atoms with Crippen molar-refractivity contribution in [2.24, 2.45) is 17.8 Å². The fraction of sp³-hybridized carbons (Fsp3) is 0.750. The van der Waals surface area contributed by atoms with Crippen LogP contribution in [0, 0.1) is 17.8 Å². The zero-order valence-electron chi connectivity index (χ0n) is 16.3. The monoisotopic (exact) mass is 392 g/mol. The van der Waals surface area contributed by atoms with Crippen molar-refractivity contribution in [3.8, 4) is 0 Å². The molecule has 2 aliphatic heterocycles. The summed E-state index contributed by atoms with van der Waals surface area (Å²) >= 11 is 0.